The molecule has 1 heterocycles. The molecule has 0 radical (unpaired) electrons. The predicted octanol–water partition coefficient (Wildman–Crippen LogP) is 2.43. The first-order valence-electron chi connectivity index (χ1n) is 5.65. The molecule has 0 saturated carbocycles. The number of fused-ring (bicyclic) bond motifs is 1. The summed E-state index contributed by atoms with van der Waals surface area (Å²) >= 11 is 6.07. The van der Waals surface area contributed by atoms with Gasteiger partial charge in [0.25, 0.3) is 0 Å². The molecule has 0 aliphatic rings. The van der Waals surface area contributed by atoms with Crippen molar-refractivity contribution >= 4 is 34.1 Å². The highest BCUT2D eigenvalue weighted by atomic mass is 35.5. The summed E-state index contributed by atoms with van der Waals surface area (Å²) in [6.07, 6.45) is 1.68. The molecular weight excluding hydrogens is 250 g/mol. The minimum absolute atomic E-state index is 0.0926. The predicted molar refractivity (Wildman–Crippen MR) is 73.9 cm³/mol. The summed E-state index contributed by atoms with van der Waals surface area (Å²) in [5.41, 5.74) is 1.41. The number of likely N-dealkylation sites (N-methyl/N-ethyl adjacent to an activating group) is 1. The number of anilines is 1. The van der Waals surface area contributed by atoms with E-state index in [4.69, 9.17) is 11.6 Å². The van der Waals surface area contributed by atoms with Crippen molar-refractivity contribution in [3.05, 3.63) is 35.5 Å². The molecule has 2 N–H and O–H groups in total. The summed E-state index contributed by atoms with van der Waals surface area (Å²) in [7, 11) is 1.74. The Morgan fingerprint density at radius 3 is 2.89 bits per heavy atom. The second-order valence-electron chi connectivity index (χ2n) is 3.99. The van der Waals surface area contributed by atoms with Crippen molar-refractivity contribution in [2.24, 2.45) is 0 Å². The Morgan fingerprint density at radius 1 is 1.39 bits per heavy atom. The molecule has 0 bridgehead atoms. The van der Waals surface area contributed by atoms with Gasteiger partial charge in [-0.1, -0.05) is 11.6 Å². The molecule has 1 atom stereocenters. The number of rotatable bonds is 3. The van der Waals surface area contributed by atoms with Gasteiger partial charge in [-0.2, -0.15) is 0 Å². The summed E-state index contributed by atoms with van der Waals surface area (Å²) in [4.78, 5) is 16.1. The molecule has 4 nitrogen and oxygen atoms in total. The molecule has 0 aliphatic carbocycles. The van der Waals surface area contributed by atoms with Crippen molar-refractivity contribution in [1.82, 2.24) is 10.3 Å². The molecule has 1 unspecified atom stereocenters. The van der Waals surface area contributed by atoms with Crippen LogP contribution in [0.1, 0.15) is 6.92 Å². The molecule has 2 rings (SSSR count). The number of nitrogens with zero attached hydrogens (tertiary/aromatic N) is 1. The Labute approximate surface area is 110 Å². The summed E-state index contributed by atoms with van der Waals surface area (Å²) in [6, 6.07) is 6.96. The lowest BCUT2D eigenvalue weighted by Gasteiger charge is -2.13. The monoisotopic (exact) mass is 263 g/mol. The Balaban J connectivity index is 2.40. The van der Waals surface area contributed by atoms with Gasteiger partial charge in [-0.25, -0.2) is 0 Å². The Hall–Kier alpha value is -1.65. The summed E-state index contributed by atoms with van der Waals surface area (Å²) < 4.78 is 0. The van der Waals surface area contributed by atoms with Crippen molar-refractivity contribution in [1.29, 1.82) is 0 Å². The lowest BCUT2D eigenvalue weighted by molar-refractivity contribution is -0.117. The summed E-state index contributed by atoms with van der Waals surface area (Å²) in [5, 5.41) is 7.16. The van der Waals surface area contributed by atoms with Crippen molar-refractivity contribution < 1.29 is 4.79 Å². The third kappa shape index (κ3) is 2.44. The third-order valence-corrected chi connectivity index (χ3v) is 3.11. The second kappa shape index (κ2) is 5.33. The molecule has 18 heavy (non-hydrogen) atoms. The van der Waals surface area contributed by atoms with Gasteiger partial charge in [0, 0.05) is 11.6 Å². The molecule has 1 aromatic carbocycles. The standard InChI is InChI=1S/C13H14ClN3O/c1-8(15-2)13(18)17-11-6-5-10(14)12-9(11)4-3-7-16-12/h3-8,15H,1-2H3,(H,17,18). The number of aromatic nitrogens is 1. The van der Waals surface area contributed by atoms with E-state index in [0.717, 1.165) is 11.1 Å². The van der Waals surface area contributed by atoms with Crippen LogP contribution in [0.3, 0.4) is 0 Å². The van der Waals surface area contributed by atoms with E-state index in [9.17, 15) is 4.79 Å². The number of hydrogen-bond acceptors (Lipinski definition) is 3. The van der Waals surface area contributed by atoms with Crippen molar-refractivity contribution in [3.8, 4) is 0 Å². The highest BCUT2D eigenvalue weighted by molar-refractivity contribution is 6.35. The fraction of sp³-hybridized carbons (Fsp3) is 0.231. The molecule has 94 valence electrons. The summed E-state index contributed by atoms with van der Waals surface area (Å²) in [5.74, 6) is -0.0926. The SMILES string of the molecule is CNC(C)C(=O)Nc1ccc(Cl)c2ncccc12. The topological polar surface area (TPSA) is 54.0 Å². The Bertz CT molecular complexity index is 585. The zero-order valence-corrected chi connectivity index (χ0v) is 11.0. The Kier molecular flexibility index (Phi) is 3.79. The van der Waals surface area contributed by atoms with Gasteiger partial charge in [0.05, 0.1) is 22.3 Å². The first-order valence-corrected chi connectivity index (χ1v) is 6.02. The number of benzene rings is 1. The van der Waals surface area contributed by atoms with E-state index in [1.54, 1.807) is 32.3 Å². The van der Waals surface area contributed by atoms with Crippen LogP contribution in [0.5, 0.6) is 0 Å². The average Bonchev–Trinajstić information content (AvgIpc) is 2.41. The molecule has 0 aliphatic heterocycles. The maximum Gasteiger partial charge on any atom is 0.241 e. The van der Waals surface area contributed by atoms with Crippen LogP contribution in [0.15, 0.2) is 30.5 Å². The van der Waals surface area contributed by atoms with Crippen LogP contribution in [0, 0.1) is 0 Å². The van der Waals surface area contributed by atoms with E-state index in [1.165, 1.54) is 0 Å². The van der Waals surface area contributed by atoms with Crippen LogP contribution in [0.25, 0.3) is 10.9 Å². The first kappa shape index (κ1) is 12.8. The fourth-order valence-corrected chi connectivity index (χ4v) is 1.83. The van der Waals surface area contributed by atoms with Crippen LogP contribution >= 0.6 is 11.6 Å². The largest absolute Gasteiger partial charge is 0.324 e. The lowest BCUT2D eigenvalue weighted by Crippen LogP contribution is -2.35. The van der Waals surface area contributed by atoms with Crippen LogP contribution < -0.4 is 10.6 Å². The van der Waals surface area contributed by atoms with E-state index in [0.29, 0.717) is 10.5 Å². The highest BCUT2D eigenvalue weighted by Crippen LogP contribution is 2.27. The van der Waals surface area contributed by atoms with E-state index < -0.39 is 0 Å². The Morgan fingerprint density at radius 2 is 2.17 bits per heavy atom. The first-order chi connectivity index (χ1) is 8.63. The lowest BCUT2D eigenvalue weighted by atomic mass is 10.1. The maximum atomic E-state index is 11.8. The van der Waals surface area contributed by atoms with E-state index >= 15 is 0 Å². The number of halogens is 1. The van der Waals surface area contributed by atoms with Gasteiger partial charge in [-0.05, 0) is 38.2 Å². The highest BCUT2D eigenvalue weighted by Gasteiger charge is 2.12. The molecule has 1 amide bonds. The molecule has 1 aromatic heterocycles. The van der Waals surface area contributed by atoms with Gasteiger partial charge in [0.1, 0.15) is 0 Å². The number of hydrogen-bond donors (Lipinski definition) is 2. The van der Waals surface area contributed by atoms with Gasteiger partial charge >= 0.3 is 0 Å². The minimum atomic E-state index is -0.257. The zero-order valence-electron chi connectivity index (χ0n) is 10.2. The van der Waals surface area contributed by atoms with E-state index in [1.807, 2.05) is 12.1 Å². The van der Waals surface area contributed by atoms with Gasteiger partial charge in [0.15, 0.2) is 0 Å². The second-order valence-corrected chi connectivity index (χ2v) is 4.40. The quantitative estimate of drug-likeness (QED) is 0.894. The van der Waals surface area contributed by atoms with Gasteiger partial charge in [-0.3, -0.25) is 9.78 Å². The number of amides is 1. The van der Waals surface area contributed by atoms with E-state index in [-0.39, 0.29) is 11.9 Å². The average molecular weight is 264 g/mol. The number of carbonyl (C=O) groups excluding carboxylic acids is 1. The van der Waals surface area contributed by atoms with Crippen molar-refractivity contribution in [2.45, 2.75) is 13.0 Å². The minimum Gasteiger partial charge on any atom is -0.324 e. The van der Waals surface area contributed by atoms with Crippen LogP contribution in [0.2, 0.25) is 5.02 Å². The normalized spacial score (nSPS) is 12.4. The molecular formula is C13H14ClN3O. The molecule has 5 heteroatoms. The van der Waals surface area contributed by atoms with Crippen LogP contribution in [0.4, 0.5) is 5.69 Å². The molecule has 0 fully saturated rings. The van der Waals surface area contributed by atoms with Gasteiger partial charge in [-0.15, -0.1) is 0 Å². The fourth-order valence-electron chi connectivity index (χ4n) is 1.62. The van der Waals surface area contributed by atoms with Gasteiger partial charge in [0.2, 0.25) is 5.91 Å². The maximum absolute atomic E-state index is 11.8. The third-order valence-electron chi connectivity index (χ3n) is 2.80. The number of nitrogens with one attached hydrogen (secondary N) is 2. The van der Waals surface area contributed by atoms with Crippen molar-refractivity contribution in [3.63, 3.8) is 0 Å². The molecule has 0 spiro atoms. The summed E-state index contributed by atoms with van der Waals surface area (Å²) in [6.45, 7) is 1.80. The van der Waals surface area contributed by atoms with Crippen LogP contribution in [-0.2, 0) is 4.79 Å². The molecule has 0 saturated heterocycles. The zero-order chi connectivity index (χ0) is 13.1. The van der Waals surface area contributed by atoms with Gasteiger partial charge < -0.3 is 10.6 Å². The van der Waals surface area contributed by atoms with Crippen LogP contribution in [-0.4, -0.2) is 24.0 Å². The van der Waals surface area contributed by atoms with E-state index in [2.05, 4.69) is 15.6 Å². The van der Waals surface area contributed by atoms with Crippen molar-refractivity contribution in [2.75, 3.05) is 12.4 Å². The number of carbonyl (C=O) groups is 1. The smallest absolute Gasteiger partial charge is 0.241 e. The molecule has 2 aromatic rings. The number of pyridine rings is 1.